The highest BCUT2D eigenvalue weighted by atomic mass is 15.1. The van der Waals surface area contributed by atoms with Crippen molar-refractivity contribution in [1.82, 2.24) is 0 Å². The molecule has 0 amide bonds. The van der Waals surface area contributed by atoms with Crippen molar-refractivity contribution >= 4 is 22.1 Å². The van der Waals surface area contributed by atoms with Gasteiger partial charge in [0.25, 0.3) is 0 Å². The normalized spacial score (nSPS) is 10.6. The van der Waals surface area contributed by atoms with Crippen LogP contribution in [0.25, 0.3) is 10.8 Å². The zero-order valence-corrected chi connectivity index (χ0v) is 9.90. The molecule has 2 aromatic carbocycles. The van der Waals surface area contributed by atoms with E-state index < -0.39 is 0 Å². The van der Waals surface area contributed by atoms with Crippen molar-refractivity contribution in [3.05, 3.63) is 36.4 Å². The molecule has 84 valence electrons. The van der Waals surface area contributed by atoms with Gasteiger partial charge in [0, 0.05) is 24.5 Å². The highest BCUT2D eigenvalue weighted by Gasteiger charge is 2.02. The van der Waals surface area contributed by atoms with Crippen LogP contribution in [0.5, 0.6) is 0 Å². The molecule has 0 unspecified atom stereocenters. The van der Waals surface area contributed by atoms with Crippen molar-refractivity contribution in [2.75, 3.05) is 23.7 Å². The summed E-state index contributed by atoms with van der Waals surface area (Å²) in [6, 6.07) is 12.6. The van der Waals surface area contributed by atoms with Crippen molar-refractivity contribution in [3.63, 3.8) is 0 Å². The van der Waals surface area contributed by atoms with E-state index >= 15 is 0 Å². The maximum atomic E-state index is 5.76. The van der Waals surface area contributed by atoms with Crippen molar-refractivity contribution in [2.45, 2.75) is 13.8 Å². The van der Waals surface area contributed by atoms with E-state index in [9.17, 15) is 0 Å². The molecule has 0 aliphatic carbocycles. The Hall–Kier alpha value is -1.70. The molecule has 2 aromatic rings. The number of fused-ring (bicyclic) bond motifs is 1. The molecule has 0 fully saturated rings. The summed E-state index contributed by atoms with van der Waals surface area (Å²) in [4.78, 5) is 2.34. The number of benzene rings is 2. The van der Waals surface area contributed by atoms with Crippen molar-refractivity contribution < 1.29 is 0 Å². The SMILES string of the molecule is CCN(CC)c1ccc2cc(N)ccc2c1. The van der Waals surface area contributed by atoms with Gasteiger partial charge < -0.3 is 10.6 Å². The Labute approximate surface area is 96.7 Å². The largest absolute Gasteiger partial charge is 0.399 e. The maximum absolute atomic E-state index is 5.76. The number of nitrogens with two attached hydrogens (primary N) is 1. The van der Waals surface area contributed by atoms with Crippen LogP contribution in [-0.4, -0.2) is 13.1 Å². The number of anilines is 2. The van der Waals surface area contributed by atoms with Crippen molar-refractivity contribution in [1.29, 1.82) is 0 Å². The topological polar surface area (TPSA) is 29.3 Å². The fourth-order valence-electron chi connectivity index (χ4n) is 2.04. The van der Waals surface area contributed by atoms with E-state index in [0.717, 1.165) is 18.8 Å². The van der Waals surface area contributed by atoms with Crippen molar-refractivity contribution in [2.24, 2.45) is 0 Å². The number of hydrogen-bond donors (Lipinski definition) is 1. The molecule has 0 bridgehead atoms. The van der Waals surface area contributed by atoms with Gasteiger partial charge in [0.1, 0.15) is 0 Å². The molecule has 0 radical (unpaired) electrons. The highest BCUT2D eigenvalue weighted by Crippen LogP contribution is 2.23. The highest BCUT2D eigenvalue weighted by molar-refractivity contribution is 5.88. The molecule has 2 rings (SSSR count). The Morgan fingerprint density at radius 3 is 2.25 bits per heavy atom. The Morgan fingerprint density at radius 1 is 0.938 bits per heavy atom. The minimum atomic E-state index is 0.822. The first-order valence-corrected chi connectivity index (χ1v) is 5.79. The zero-order chi connectivity index (χ0) is 11.5. The summed E-state index contributed by atoms with van der Waals surface area (Å²) in [5.74, 6) is 0. The van der Waals surface area contributed by atoms with Crippen LogP contribution in [0.3, 0.4) is 0 Å². The van der Waals surface area contributed by atoms with Gasteiger partial charge in [0.15, 0.2) is 0 Å². The molecule has 0 aromatic heterocycles. The Kier molecular flexibility index (Phi) is 3.00. The summed E-state index contributed by atoms with van der Waals surface area (Å²) in [5, 5.41) is 2.45. The lowest BCUT2D eigenvalue weighted by molar-refractivity contribution is 0.867. The maximum Gasteiger partial charge on any atom is 0.0372 e. The van der Waals surface area contributed by atoms with Crippen LogP contribution in [0.4, 0.5) is 11.4 Å². The molecule has 2 heteroatoms. The summed E-state index contributed by atoms with van der Waals surface area (Å²) in [7, 11) is 0. The molecule has 0 spiro atoms. The van der Waals surface area contributed by atoms with Crippen LogP contribution in [0.15, 0.2) is 36.4 Å². The van der Waals surface area contributed by atoms with E-state index in [1.807, 2.05) is 12.1 Å². The number of nitrogens with zero attached hydrogens (tertiary/aromatic N) is 1. The van der Waals surface area contributed by atoms with Crippen LogP contribution in [0.1, 0.15) is 13.8 Å². The average molecular weight is 214 g/mol. The molecule has 16 heavy (non-hydrogen) atoms. The van der Waals surface area contributed by atoms with Crippen LogP contribution >= 0.6 is 0 Å². The second kappa shape index (κ2) is 4.44. The molecule has 0 aliphatic rings. The first-order chi connectivity index (χ1) is 7.74. The molecule has 0 saturated heterocycles. The summed E-state index contributed by atoms with van der Waals surface area (Å²) in [6.45, 7) is 6.43. The second-order valence-electron chi connectivity index (χ2n) is 3.96. The predicted molar refractivity (Wildman–Crippen MR) is 71.9 cm³/mol. The summed E-state index contributed by atoms with van der Waals surface area (Å²) < 4.78 is 0. The minimum Gasteiger partial charge on any atom is -0.399 e. The Balaban J connectivity index is 2.47. The Bertz CT molecular complexity index is 487. The van der Waals surface area contributed by atoms with E-state index in [4.69, 9.17) is 5.73 Å². The van der Waals surface area contributed by atoms with Gasteiger partial charge in [-0.2, -0.15) is 0 Å². The van der Waals surface area contributed by atoms with E-state index in [2.05, 4.69) is 43.0 Å². The van der Waals surface area contributed by atoms with Gasteiger partial charge in [0.05, 0.1) is 0 Å². The van der Waals surface area contributed by atoms with E-state index in [-0.39, 0.29) is 0 Å². The minimum absolute atomic E-state index is 0.822. The predicted octanol–water partition coefficient (Wildman–Crippen LogP) is 3.27. The zero-order valence-electron chi connectivity index (χ0n) is 9.90. The molecule has 0 atom stereocenters. The first kappa shape index (κ1) is 10.8. The molecule has 2 N–H and O–H groups in total. The van der Waals surface area contributed by atoms with Crippen molar-refractivity contribution in [3.8, 4) is 0 Å². The number of rotatable bonds is 3. The first-order valence-electron chi connectivity index (χ1n) is 5.79. The fourth-order valence-corrected chi connectivity index (χ4v) is 2.04. The third kappa shape index (κ3) is 1.96. The molecular weight excluding hydrogens is 196 g/mol. The molecule has 2 nitrogen and oxygen atoms in total. The van der Waals surface area contributed by atoms with E-state index in [0.29, 0.717) is 0 Å². The van der Waals surface area contributed by atoms with Gasteiger partial charge in [0.2, 0.25) is 0 Å². The summed E-state index contributed by atoms with van der Waals surface area (Å²) >= 11 is 0. The lowest BCUT2D eigenvalue weighted by atomic mass is 10.1. The van der Waals surface area contributed by atoms with Gasteiger partial charge in [-0.25, -0.2) is 0 Å². The third-order valence-corrected chi connectivity index (χ3v) is 2.98. The smallest absolute Gasteiger partial charge is 0.0372 e. The second-order valence-corrected chi connectivity index (χ2v) is 3.96. The third-order valence-electron chi connectivity index (χ3n) is 2.98. The molecule has 0 heterocycles. The van der Waals surface area contributed by atoms with Crippen LogP contribution in [0, 0.1) is 0 Å². The monoisotopic (exact) mass is 214 g/mol. The van der Waals surface area contributed by atoms with Gasteiger partial charge >= 0.3 is 0 Å². The van der Waals surface area contributed by atoms with Gasteiger partial charge in [-0.15, -0.1) is 0 Å². The summed E-state index contributed by atoms with van der Waals surface area (Å²) in [6.07, 6.45) is 0. The van der Waals surface area contributed by atoms with Gasteiger partial charge in [-0.05, 0) is 48.9 Å². The van der Waals surface area contributed by atoms with Crippen LogP contribution in [-0.2, 0) is 0 Å². The van der Waals surface area contributed by atoms with Crippen LogP contribution in [0.2, 0.25) is 0 Å². The Morgan fingerprint density at radius 2 is 1.56 bits per heavy atom. The fraction of sp³-hybridized carbons (Fsp3) is 0.286. The number of nitrogen functional groups attached to an aromatic ring is 1. The van der Waals surface area contributed by atoms with E-state index in [1.165, 1.54) is 16.5 Å². The van der Waals surface area contributed by atoms with Gasteiger partial charge in [-0.3, -0.25) is 0 Å². The average Bonchev–Trinajstić information content (AvgIpc) is 2.31. The van der Waals surface area contributed by atoms with Crippen LogP contribution < -0.4 is 10.6 Å². The van der Waals surface area contributed by atoms with E-state index in [1.54, 1.807) is 0 Å². The standard InChI is InChI=1S/C14H18N2/c1-3-16(4-2)14-8-6-11-9-13(15)7-5-12(11)10-14/h5-10H,3-4,15H2,1-2H3. The molecule has 0 saturated carbocycles. The number of hydrogen-bond acceptors (Lipinski definition) is 2. The lowest BCUT2D eigenvalue weighted by Gasteiger charge is -2.21. The summed E-state index contributed by atoms with van der Waals surface area (Å²) in [5.41, 5.74) is 7.87. The van der Waals surface area contributed by atoms with Gasteiger partial charge in [-0.1, -0.05) is 12.1 Å². The molecule has 0 aliphatic heterocycles. The molecular formula is C14H18N2. The lowest BCUT2D eigenvalue weighted by Crippen LogP contribution is -2.21. The quantitative estimate of drug-likeness (QED) is 0.794.